The molecule has 0 radical (unpaired) electrons. The van der Waals surface area contributed by atoms with Gasteiger partial charge in [0.2, 0.25) is 0 Å². The van der Waals surface area contributed by atoms with Gasteiger partial charge in [-0.05, 0) is 55.9 Å². The van der Waals surface area contributed by atoms with Crippen molar-refractivity contribution >= 4 is 11.6 Å². The molecule has 1 saturated heterocycles. The van der Waals surface area contributed by atoms with Gasteiger partial charge in [-0.2, -0.15) is 0 Å². The van der Waals surface area contributed by atoms with E-state index in [2.05, 4.69) is 0 Å². The normalized spacial score (nSPS) is 21.1. The van der Waals surface area contributed by atoms with E-state index in [1.54, 1.807) is 7.11 Å². The van der Waals surface area contributed by atoms with Crippen molar-refractivity contribution in [1.82, 2.24) is 0 Å². The zero-order valence-corrected chi connectivity index (χ0v) is 12.2. The van der Waals surface area contributed by atoms with Crippen molar-refractivity contribution in [3.8, 4) is 5.75 Å². The van der Waals surface area contributed by atoms with Gasteiger partial charge in [0.25, 0.3) is 0 Å². The standard InChI is InChI=1S/C15H22ClNO2/c1-18-15-6-5-12(16)8-11(15)9-13(17)10-14-4-2-3-7-19-14/h5-6,8,13-14H,2-4,7,9-10,17H2,1H3. The first-order valence-electron chi connectivity index (χ1n) is 6.88. The highest BCUT2D eigenvalue weighted by molar-refractivity contribution is 6.30. The summed E-state index contributed by atoms with van der Waals surface area (Å²) in [5.41, 5.74) is 7.30. The molecule has 0 aromatic heterocycles. The molecule has 0 spiro atoms. The SMILES string of the molecule is COc1ccc(Cl)cc1CC(N)CC1CCCCO1. The Morgan fingerprint density at radius 1 is 1.47 bits per heavy atom. The second kappa shape index (κ2) is 7.13. The van der Waals surface area contributed by atoms with E-state index in [1.165, 1.54) is 12.8 Å². The van der Waals surface area contributed by atoms with Crippen LogP contribution in [0, 0.1) is 0 Å². The van der Waals surface area contributed by atoms with Crippen molar-refractivity contribution in [2.75, 3.05) is 13.7 Å². The first-order valence-corrected chi connectivity index (χ1v) is 7.26. The number of ether oxygens (including phenoxy) is 2. The van der Waals surface area contributed by atoms with Crippen LogP contribution in [0.5, 0.6) is 5.75 Å². The molecule has 2 N–H and O–H groups in total. The molecule has 1 aromatic carbocycles. The summed E-state index contributed by atoms with van der Waals surface area (Å²) in [4.78, 5) is 0. The minimum absolute atomic E-state index is 0.0791. The van der Waals surface area contributed by atoms with Gasteiger partial charge in [-0.1, -0.05) is 11.6 Å². The molecule has 0 amide bonds. The van der Waals surface area contributed by atoms with E-state index in [0.717, 1.165) is 42.2 Å². The smallest absolute Gasteiger partial charge is 0.122 e. The summed E-state index contributed by atoms with van der Waals surface area (Å²) in [6, 6.07) is 5.74. The number of benzene rings is 1. The van der Waals surface area contributed by atoms with E-state index in [9.17, 15) is 0 Å². The highest BCUT2D eigenvalue weighted by Gasteiger charge is 2.18. The van der Waals surface area contributed by atoms with Gasteiger partial charge in [0, 0.05) is 17.7 Å². The molecule has 2 unspecified atom stereocenters. The van der Waals surface area contributed by atoms with Gasteiger partial charge >= 0.3 is 0 Å². The molecule has 1 aromatic rings. The van der Waals surface area contributed by atoms with Crippen molar-refractivity contribution in [2.45, 2.75) is 44.2 Å². The maximum atomic E-state index is 6.23. The molecule has 0 aliphatic carbocycles. The summed E-state index contributed by atoms with van der Waals surface area (Å²) in [5.74, 6) is 0.851. The molecule has 2 rings (SSSR count). The molecule has 1 aliphatic rings. The van der Waals surface area contributed by atoms with Gasteiger partial charge in [-0.25, -0.2) is 0 Å². The molecule has 1 fully saturated rings. The molecule has 106 valence electrons. The van der Waals surface area contributed by atoms with Crippen molar-refractivity contribution in [2.24, 2.45) is 5.73 Å². The molecular weight excluding hydrogens is 262 g/mol. The fourth-order valence-corrected chi connectivity index (χ4v) is 2.80. The van der Waals surface area contributed by atoms with Gasteiger partial charge in [-0.3, -0.25) is 0 Å². The van der Waals surface area contributed by atoms with Crippen LogP contribution in [-0.2, 0) is 11.2 Å². The second-order valence-electron chi connectivity index (χ2n) is 5.14. The Bertz CT molecular complexity index is 405. The maximum absolute atomic E-state index is 6.23. The monoisotopic (exact) mass is 283 g/mol. The quantitative estimate of drug-likeness (QED) is 0.903. The van der Waals surface area contributed by atoms with Crippen molar-refractivity contribution in [3.05, 3.63) is 28.8 Å². The summed E-state index contributed by atoms with van der Waals surface area (Å²) in [5, 5.41) is 0.719. The second-order valence-corrected chi connectivity index (χ2v) is 5.58. The summed E-state index contributed by atoms with van der Waals surface area (Å²) in [6.45, 7) is 0.873. The van der Waals surface area contributed by atoms with E-state index in [1.807, 2.05) is 18.2 Å². The minimum atomic E-state index is 0.0791. The van der Waals surface area contributed by atoms with Gasteiger partial charge < -0.3 is 15.2 Å². The third-order valence-corrected chi connectivity index (χ3v) is 3.80. The van der Waals surface area contributed by atoms with E-state index < -0.39 is 0 Å². The molecule has 4 heteroatoms. The van der Waals surface area contributed by atoms with Crippen LogP contribution in [0.2, 0.25) is 5.02 Å². The van der Waals surface area contributed by atoms with Crippen LogP contribution in [0.25, 0.3) is 0 Å². The molecular formula is C15H22ClNO2. The van der Waals surface area contributed by atoms with Gasteiger partial charge in [0.15, 0.2) is 0 Å². The van der Waals surface area contributed by atoms with Crippen LogP contribution in [0.4, 0.5) is 0 Å². The van der Waals surface area contributed by atoms with Crippen molar-refractivity contribution < 1.29 is 9.47 Å². The first kappa shape index (κ1) is 14.6. The third-order valence-electron chi connectivity index (χ3n) is 3.56. The molecule has 0 bridgehead atoms. The fraction of sp³-hybridized carbons (Fsp3) is 0.600. The average molecular weight is 284 g/mol. The average Bonchev–Trinajstić information content (AvgIpc) is 2.40. The minimum Gasteiger partial charge on any atom is -0.496 e. The summed E-state index contributed by atoms with van der Waals surface area (Å²) < 4.78 is 11.1. The zero-order chi connectivity index (χ0) is 13.7. The summed E-state index contributed by atoms with van der Waals surface area (Å²) in [7, 11) is 1.67. The van der Waals surface area contributed by atoms with E-state index in [-0.39, 0.29) is 6.04 Å². The Morgan fingerprint density at radius 2 is 2.32 bits per heavy atom. The Balaban J connectivity index is 1.93. The number of hydrogen-bond donors (Lipinski definition) is 1. The molecule has 2 atom stereocenters. The summed E-state index contributed by atoms with van der Waals surface area (Å²) in [6.07, 6.45) is 5.53. The van der Waals surface area contributed by atoms with E-state index in [4.69, 9.17) is 26.8 Å². The summed E-state index contributed by atoms with van der Waals surface area (Å²) >= 11 is 6.03. The lowest BCUT2D eigenvalue weighted by Gasteiger charge is -2.25. The maximum Gasteiger partial charge on any atom is 0.122 e. The Hall–Kier alpha value is -0.770. The van der Waals surface area contributed by atoms with Gasteiger partial charge in [0.1, 0.15) is 5.75 Å². The lowest BCUT2D eigenvalue weighted by Crippen LogP contribution is -2.31. The highest BCUT2D eigenvalue weighted by Crippen LogP contribution is 2.25. The lowest BCUT2D eigenvalue weighted by atomic mass is 9.97. The van der Waals surface area contributed by atoms with Crippen LogP contribution in [0.3, 0.4) is 0 Å². The van der Waals surface area contributed by atoms with Crippen LogP contribution < -0.4 is 10.5 Å². The molecule has 19 heavy (non-hydrogen) atoms. The molecule has 1 heterocycles. The van der Waals surface area contributed by atoms with Crippen molar-refractivity contribution in [1.29, 1.82) is 0 Å². The fourth-order valence-electron chi connectivity index (χ4n) is 2.60. The van der Waals surface area contributed by atoms with Crippen molar-refractivity contribution in [3.63, 3.8) is 0 Å². The molecule has 3 nitrogen and oxygen atoms in total. The number of hydrogen-bond acceptors (Lipinski definition) is 3. The lowest BCUT2D eigenvalue weighted by molar-refractivity contribution is 0.00744. The number of halogens is 1. The van der Waals surface area contributed by atoms with Gasteiger partial charge in [-0.15, -0.1) is 0 Å². The number of nitrogens with two attached hydrogens (primary N) is 1. The predicted octanol–water partition coefficient (Wildman–Crippen LogP) is 3.18. The van der Waals surface area contributed by atoms with Crippen LogP contribution in [0.1, 0.15) is 31.2 Å². The first-order chi connectivity index (χ1) is 9.19. The predicted molar refractivity (Wildman–Crippen MR) is 77.9 cm³/mol. The van der Waals surface area contributed by atoms with Crippen LogP contribution in [-0.4, -0.2) is 25.9 Å². The molecule has 1 aliphatic heterocycles. The highest BCUT2D eigenvalue weighted by atomic mass is 35.5. The van der Waals surface area contributed by atoms with E-state index >= 15 is 0 Å². The third kappa shape index (κ3) is 4.37. The van der Waals surface area contributed by atoms with E-state index in [0.29, 0.717) is 6.10 Å². The number of rotatable bonds is 5. The number of methoxy groups -OCH3 is 1. The largest absolute Gasteiger partial charge is 0.496 e. The zero-order valence-electron chi connectivity index (χ0n) is 11.4. The Labute approximate surface area is 120 Å². The topological polar surface area (TPSA) is 44.5 Å². The molecule has 0 saturated carbocycles. The van der Waals surface area contributed by atoms with Crippen LogP contribution >= 0.6 is 11.6 Å². The Morgan fingerprint density at radius 3 is 3.00 bits per heavy atom. The van der Waals surface area contributed by atoms with Crippen LogP contribution in [0.15, 0.2) is 18.2 Å². The Kier molecular flexibility index (Phi) is 5.49. The van der Waals surface area contributed by atoms with Gasteiger partial charge in [0.05, 0.1) is 13.2 Å².